The fourth-order valence-corrected chi connectivity index (χ4v) is 2.17. The second-order valence-electron chi connectivity index (χ2n) is 3.95. The van der Waals surface area contributed by atoms with Gasteiger partial charge in [-0.25, -0.2) is 4.98 Å². The molecule has 0 spiro atoms. The highest BCUT2D eigenvalue weighted by Gasteiger charge is 2.13. The van der Waals surface area contributed by atoms with E-state index in [1.165, 1.54) is 0 Å². The van der Waals surface area contributed by atoms with Crippen LogP contribution in [0.5, 0.6) is 0 Å². The molecule has 2 rings (SSSR count). The number of hydrogen-bond acceptors (Lipinski definition) is 2. The number of halogens is 2. The van der Waals surface area contributed by atoms with Gasteiger partial charge in [0.15, 0.2) is 0 Å². The van der Waals surface area contributed by atoms with Gasteiger partial charge in [-0.15, -0.1) is 0 Å². The van der Waals surface area contributed by atoms with Gasteiger partial charge in [0.25, 0.3) is 0 Å². The Balaban J connectivity index is 2.22. The maximum absolute atomic E-state index is 6.13. The van der Waals surface area contributed by atoms with Crippen LogP contribution in [0.1, 0.15) is 17.3 Å². The van der Waals surface area contributed by atoms with Gasteiger partial charge in [-0.3, -0.25) is 0 Å². The lowest BCUT2D eigenvalue weighted by Crippen LogP contribution is -2.16. The fraction of sp³-hybridized carbons (Fsp3) is 0.250. The number of benzene rings is 1. The first-order chi connectivity index (χ1) is 8.09. The molecule has 3 nitrogen and oxygen atoms in total. The third-order valence-corrected chi connectivity index (χ3v) is 3.56. The molecule has 2 N–H and O–H groups in total. The molecule has 5 heteroatoms. The Labute approximate surface area is 110 Å². The topological polar surface area (TPSA) is 43.8 Å². The van der Waals surface area contributed by atoms with Crippen LogP contribution in [0.4, 0.5) is 0 Å². The van der Waals surface area contributed by atoms with E-state index < -0.39 is 0 Å². The van der Waals surface area contributed by atoms with Crippen molar-refractivity contribution < 1.29 is 0 Å². The average molecular weight is 270 g/mol. The number of rotatable bonds is 3. The maximum Gasteiger partial charge on any atom is 0.0946 e. The molecule has 1 aromatic heterocycles. The molecule has 0 aliphatic heterocycles. The highest BCUT2D eigenvalue weighted by Crippen LogP contribution is 2.28. The van der Waals surface area contributed by atoms with Crippen LogP contribution in [0.2, 0.25) is 10.0 Å². The highest BCUT2D eigenvalue weighted by atomic mass is 35.5. The molecule has 1 unspecified atom stereocenters. The molecule has 0 fully saturated rings. The van der Waals surface area contributed by atoms with Gasteiger partial charge in [-0.1, -0.05) is 35.3 Å². The lowest BCUT2D eigenvalue weighted by atomic mass is 10.0. The molecule has 0 saturated heterocycles. The summed E-state index contributed by atoms with van der Waals surface area (Å²) >= 11 is 12.1. The Morgan fingerprint density at radius 3 is 2.82 bits per heavy atom. The summed E-state index contributed by atoms with van der Waals surface area (Å²) < 4.78 is 1.91. The quantitative estimate of drug-likeness (QED) is 0.931. The average Bonchev–Trinajstić information content (AvgIpc) is 2.71. The van der Waals surface area contributed by atoms with Gasteiger partial charge in [0.1, 0.15) is 0 Å². The van der Waals surface area contributed by atoms with Crippen molar-refractivity contribution in [2.45, 2.75) is 12.5 Å². The first-order valence-corrected chi connectivity index (χ1v) is 6.00. The Hall–Kier alpha value is -1.03. The number of aromatic nitrogens is 2. The van der Waals surface area contributed by atoms with Gasteiger partial charge in [-0.2, -0.15) is 0 Å². The summed E-state index contributed by atoms with van der Waals surface area (Å²) in [6.45, 7) is 0. The van der Waals surface area contributed by atoms with E-state index in [1.807, 2.05) is 23.7 Å². The van der Waals surface area contributed by atoms with Gasteiger partial charge in [0.2, 0.25) is 0 Å². The van der Waals surface area contributed by atoms with Crippen molar-refractivity contribution in [3.8, 4) is 0 Å². The van der Waals surface area contributed by atoms with Crippen LogP contribution in [0.3, 0.4) is 0 Å². The molecule has 0 aliphatic carbocycles. The summed E-state index contributed by atoms with van der Waals surface area (Å²) in [7, 11) is 1.92. The van der Waals surface area contributed by atoms with Crippen LogP contribution in [0, 0.1) is 0 Å². The molecule has 1 aromatic carbocycles. The van der Waals surface area contributed by atoms with Crippen molar-refractivity contribution in [2.75, 3.05) is 0 Å². The van der Waals surface area contributed by atoms with Crippen molar-refractivity contribution in [2.24, 2.45) is 12.8 Å². The maximum atomic E-state index is 6.13. The predicted molar refractivity (Wildman–Crippen MR) is 70.3 cm³/mol. The molecule has 2 aromatic rings. The zero-order valence-corrected chi connectivity index (χ0v) is 10.9. The fourth-order valence-electron chi connectivity index (χ4n) is 1.77. The second-order valence-corrected chi connectivity index (χ2v) is 4.74. The summed E-state index contributed by atoms with van der Waals surface area (Å²) in [6.07, 6.45) is 4.14. The van der Waals surface area contributed by atoms with E-state index in [1.54, 1.807) is 18.6 Å². The second kappa shape index (κ2) is 5.08. The third kappa shape index (κ3) is 2.63. The summed E-state index contributed by atoms with van der Waals surface area (Å²) in [5.74, 6) is 0. The lowest BCUT2D eigenvalue weighted by molar-refractivity contribution is 0.656. The smallest absolute Gasteiger partial charge is 0.0946 e. The van der Waals surface area contributed by atoms with Crippen molar-refractivity contribution in [3.05, 3.63) is 52.0 Å². The van der Waals surface area contributed by atoms with E-state index in [4.69, 9.17) is 28.9 Å². The zero-order valence-electron chi connectivity index (χ0n) is 9.40. The summed E-state index contributed by atoms with van der Waals surface area (Å²) in [5, 5.41) is 1.13. The van der Waals surface area contributed by atoms with Gasteiger partial charge >= 0.3 is 0 Å². The molecule has 0 aliphatic rings. The molecule has 1 atom stereocenters. The molecule has 0 amide bonds. The van der Waals surface area contributed by atoms with Crippen LogP contribution in [-0.2, 0) is 13.5 Å². The molecule has 0 radical (unpaired) electrons. The van der Waals surface area contributed by atoms with E-state index in [2.05, 4.69) is 4.98 Å². The van der Waals surface area contributed by atoms with Crippen molar-refractivity contribution >= 4 is 23.2 Å². The monoisotopic (exact) mass is 269 g/mol. The van der Waals surface area contributed by atoms with Crippen LogP contribution >= 0.6 is 23.2 Å². The van der Waals surface area contributed by atoms with Gasteiger partial charge in [0.05, 0.1) is 28.1 Å². The van der Waals surface area contributed by atoms with Crippen molar-refractivity contribution in [3.63, 3.8) is 0 Å². The number of aryl methyl sites for hydroxylation is 1. The standard InChI is InChI=1S/C12H13Cl2N3/c1-17-7-16-6-11(17)10(15)5-8-3-2-4-9(13)12(8)14/h2-4,6-7,10H,5,15H2,1H3. The SMILES string of the molecule is Cn1cncc1C(N)Cc1cccc(Cl)c1Cl. The van der Waals surface area contributed by atoms with Crippen LogP contribution in [0.15, 0.2) is 30.7 Å². The predicted octanol–water partition coefficient (Wildman–Crippen LogP) is 2.97. The summed E-state index contributed by atoms with van der Waals surface area (Å²) in [4.78, 5) is 4.05. The molecule has 0 saturated carbocycles. The van der Waals surface area contributed by atoms with Crippen LogP contribution in [0.25, 0.3) is 0 Å². The van der Waals surface area contributed by atoms with E-state index >= 15 is 0 Å². The number of nitrogens with zero attached hydrogens (tertiary/aromatic N) is 2. The van der Waals surface area contributed by atoms with Gasteiger partial charge < -0.3 is 10.3 Å². The van der Waals surface area contributed by atoms with E-state index in [-0.39, 0.29) is 6.04 Å². The number of nitrogens with two attached hydrogens (primary N) is 1. The Kier molecular flexibility index (Phi) is 3.72. The summed E-state index contributed by atoms with van der Waals surface area (Å²) in [6, 6.07) is 5.44. The molecule has 17 heavy (non-hydrogen) atoms. The van der Waals surface area contributed by atoms with E-state index in [9.17, 15) is 0 Å². The largest absolute Gasteiger partial charge is 0.336 e. The number of imidazole rings is 1. The van der Waals surface area contributed by atoms with Crippen molar-refractivity contribution in [1.29, 1.82) is 0 Å². The number of hydrogen-bond donors (Lipinski definition) is 1. The van der Waals surface area contributed by atoms with Crippen molar-refractivity contribution in [1.82, 2.24) is 9.55 Å². The van der Waals surface area contributed by atoms with Gasteiger partial charge in [-0.05, 0) is 18.1 Å². The molecule has 0 bridgehead atoms. The first-order valence-electron chi connectivity index (χ1n) is 5.24. The van der Waals surface area contributed by atoms with E-state index in [0.29, 0.717) is 16.5 Å². The van der Waals surface area contributed by atoms with Gasteiger partial charge in [0, 0.05) is 13.2 Å². The lowest BCUT2D eigenvalue weighted by Gasteiger charge is -2.13. The highest BCUT2D eigenvalue weighted by molar-refractivity contribution is 6.42. The van der Waals surface area contributed by atoms with Crippen LogP contribution < -0.4 is 5.73 Å². The summed E-state index contributed by atoms with van der Waals surface area (Å²) in [5.41, 5.74) is 8.05. The Morgan fingerprint density at radius 1 is 1.41 bits per heavy atom. The third-order valence-electron chi connectivity index (χ3n) is 2.71. The Bertz CT molecular complexity index is 522. The minimum absolute atomic E-state index is 0.140. The Morgan fingerprint density at radius 2 is 2.18 bits per heavy atom. The first kappa shape index (κ1) is 12.4. The molecular formula is C12H13Cl2N3. The minimum Gasteiger partial charge on any atom is -0.336 e. The van der Waals surface area contributed by atoms with Crippen LogP contribution in [-0.4, -0.2) is 9.55 Å². The molecular weight excluding hydrogens is 257 g/mol. The molecule has 90 valence electrons. The molecule has 1 heterocycles. The van der Waals surface area contributed by atoms with E-state index in [0.717, 1.165) is 11.3 Å². The zero-order chi connectivity index (χ0) is 12.4. The normalized spacial score (nSPS) is 12.7. The minimum atomic E-state index is -0.140.